The minimum atomic E-state index is -1.81. The number of nitrogens with zero attached hydrogens (tertiary/aromatic N) is 2. The van der Waals surface area contributed by atoms with Crippen molar-refractivity contribution in [1.82, 2.24) is 15.2 Å². The van der Waals surface area contributed by atoms with Crippen LogP contribution in [0.2, 0.25) is 5.02 Å². The summed E-state index contributed by atoms with van der Waals surface area (Å²) in [5.74, 6) is 0.883. The van der Waals surface area contributed by atoms with Gasteiger partial charge in [-0.15, -0.1) is 0 Å². The molecule has 3 aromatic rings. The van der Waals surface area contributed by atoms with Crippen molar-refractivity contribution in [3.8, 4) is 16.9 Å². The number of aliphatic hydroxyl groups is 6. The van der Waals surface area contributed by atoms with Crippen molar-refractivity contribution in [2.24, 2.45) is 0 Å². The standard InChI is InChI=1S/C38H50ClN3O9/c1-24-18-26(23-50-38(12-13-38)30-20-40-15-11-28(30)29-7-2-3-8-34(29)51-27-9-10-27)31(39)19-25(24)6-4-5-14-41-37(49)42(16-17-43)21-32(45)35(47)36(48)33(46)22-44/h2-3,7-8,11,15,18-20,27,32-33,35-36,43-48H,4-6,9-10,12-14,16-17,21-23H2,1H3,(H,41,49)/t32-,33+,35+,36?/m0/s1. The van der Waals surface area contributed by atoms with Crippen molar-refractivity contribution >= 4 is 17.6 Å². The molecule has 7 N–H and O–H groups in total. The van der Waals surface area contributed by atoms with Crippen molar-refractivity contribution in [3.05, 3.63) is 82.1 Å². The van der Waals surface area contributed by atoms with Crippen LogP contribution in [0, 0.1) is 6.92 Å². The number of aliphatic hydroxyl groups excluding tert-OH is 6. The van der Waals surface area contributed by atoms with E-state index in [9.17, 15) is 30.3 Å². The Morgan fingerprint density at radius 2 is 1.76 bits per heavy atom. The predicted molar refractivity (Wildman–Crippen MR) is 191 cm³/mol. The minimum absolute atomic E-state index is 0.115. The number of pyridine rings is 1. The van der Waals surface area contributed by atoms with E-state index in [-0.39, 0.29) is 19.3 Å². The Kier molecular flexibility index (Phi) is 13.7. The molecule has 5 rings (SSSR count). The number of unbranched alkanes of at least 4 members (excludes halogenated alkanes) is 1. The van der Waals surface area contributed by atoms with E-state index in [0.29, 0.717) is 24.6 Å². The Morgan fingerprint density at radius 3 is 2.47 bits per heavy atom. The number of carbonyl (C=O) groups is 1. The van der Waals surface area contributed by atoms with Gasteiger partial charge in [0, 0.05) is 41.6 Å². The largest absolute Gasteiger partial charge is 0.490 e. The van der Waals surface area contributed by atoms with Gasteiger partial charge < -0.3 is 50.3 Å². The number of nitrogens with one attached hydrogen (secondary N) is 1. The van der Waals surface area contributed by atoms with E-state index < -0.39 is 49.2 Å². The lowest BCUT2D eigenvalue weighted by molar-refractivity contribution is -0.118. The summed E-state index contributed by atoms with van der Waals surface area (Å²) in [6, 6.07) is 13.7. The van der Waals surface area contributed by atoms with Crippen molar-refractivity contribution in [1.29, 1.82) is 0 Å². The average molecular weight is 728 g/mol. The fourth-order valence-corrected chi connectivity index (χ4v) is 6.41. The fourth-order valence-electron chi connectivity index (χ4n) is 6.17. The van der Waals surface area contributed by atoms with E-state index in [2.05, 4.69) is 22.4 Å². The molecule has 51 heavy (non-hydrogen) atoms. The first kappa shape index (κ1) is 38.9. The fraction of sp³-hybridized carbons (Fsp3) is 0.526. The lowest BCUT2D eigenvalue weighted by Crippen LogP contribution is -2.52. The topological polar surface area (TPSA) is 185 Å². The molecule has 12 nitrogen and oxygen atoms in total. The monoisotopic (exact) mass is 727 g/mol. The van der Waals surface area contributed by atoms with E-state index in [4.69, 9.17) is 26.2 Å². The number of halogens is 1. The normalized spacial score (nSPS) is 17.3. The quantitative estimate of drug-likeness (QED) is 0.0853. The number of urea groups is 1. The molecule has 4 atom stereocenters. The van der Waals surface area contributed by atoms with Crippen LogP contribution in [0.5, 0.6) is 5.75 Å². The number of carbonyl (C=O) groups excluding carboxylic acids is 1. The van der Waals surface area contributed by atoms with E-state index in [1.165, 1.54) is 0 Å². The molecule has 0 bridgehead atoms. The molecule has 0 spiro atoms. The number of benzene rings is 2. The molecule has 2 aliphatic rings. The van der Waals surface area contributed by atoms with Crippen LogP contribution in [-0.2, 0) is 23.4 Å². The van der Waals surface area contributed by atoms with Gasteiger partial charge in [-0.05, 0) is 92.3 Å². The minimum Gasteiger partial charge on any atom is -0.490 e. The molecule has 2 saturated carbocycles. The highest BCUT2D eigenvalue weighted by molar-refractivity contribution is 6.31. The Bertz CT molecular complexity index is 1600. The third kappa shape index (κ3) is 10.2. The van der Waals surface area contributed by atoms with Crippen LogP contribution < -0.4 is 10.1 Å². The lowest BCUT2D eigenvalue weighted by atomic mass is 9.96. The summed E-state index contributed by atoms with van der Waals surface area (Å²) in [4.78, 5) is 18.3. The molecule has 1 heterocycles. The van der Waals surface area contributed by atoms with Crippen LogP contribution in [0.1, 0.15) is 60.8 Å². The molecule has 2 aromatic carbocycles. The van der Waals surface area contributed by atoms with E-state index in [1.807, 2.05) is 49.6 Å². The van der Waals surface area contributed by atoms with Gasteiger partial charge >= 0.3 is 6.03 Å². The van der Waals surface area contributed by atoms with Crippen LogP contribution in [0.25, 0.3) is 11.1 Å². The highest BCUT2D eigenvalue weighted by Crippen LogP contribution is 2.53. The van der Waals surface area contributed by atoms with Gasteiger partial charge in [0.2, 0.25) is 0 Å². The lowest BCUT2D eigenvalue weighted by Gasteiger charge is -2.30. The maximum atomic E-state index is 12.7. The first-order valence-electron chi connectivity index (χ1n) is 17.7. The summed E-state index contributed by atoms with van der Waals surface area (Å²) in [6.07, 6.45) is 3.23. The molecule has 1 unspecified atom stereocenters. The van der Waals surface area contributed by atoms with Gasteiger partial charge in [0.1, 0.15) is 30.2 Å². The SMILES string of the molecule is Cc1cc(COC2(c3cnccc3-c3ccccc3OC3CC3)CC2)c(Cl)cc1CCCCNC(=O)N(CCO)C[C@H](O)[C@@H](O)C(O)[C@H](O)CO. The van der Waals surface area contributed by atoms with Gasteiger partial charge in [-0.2, -0.15) is 0 Å². The number of hydrogen-bond donors (Lipinski definition) is 7. The Morgan fingerprint density at radius 1 is 1.02 bits per heavy atom. The predicted octanol–water partition coefficient (Wildman–Crippen LogP) is 3.22. The molecule has 1 aromatic heterocycles. The zero-order chi connectivity index (χ0) is 36.5. The van der Waals surface area contributed by atoms with Crippen molar-refractivity contribution in [2.75, 3.05) is 32.8 Å². The number of ether oxygens (including phenoxy) is 2. The Balaban J connectivity index is 1.12. The van der Waals surface area contributed by atoms with E-state index in [1.54, 1.807) is 0 Å². The molecule has 2 aliphatic carbocycles. The summed E-state index contributed by atoms with van der Waals surface area (Å²) < 4.78 is 12.9. The third-order valence-corrected chi connectivity index (χ3v) is 9.91. The second-order valence-corrected chi connectivity index (χ2v) is 14.0. The van der Waals surface area contributed by atoms with Gasteiger partial charge in [-0.1, -0.05) is 35.9 Å². The highest BCUT2D eigenvalue weighted by atomic mass is 35.5. The second kappa shape index (κ2) is 17.9. The molecule has 0 radical (unpaired) electrons. The zero-order valence-corrected chi connectivity index (χ0v) is 29.7. The Labute approximate surface area is 303 Å². The summed E-state index contributed by atoms with van der Waals surface area (Å²) in [6.45, 7) is 1.03. The molecular weight excluding hydrogens is 678 g/mol. The number of para-hydroxylation sites is 1. The maximum absolute atomic E-state index is 12.7. The number of hydrogen-bond acceptors (Lipinski definition) is 10. The third-order valence-electron chi connectivity index (χ3n) is 9.56. The molecule has 13 heteroatoms. The van der Waals surface area contributed by atoms with Crippen molar-refractivity contribution in [2.45, 2.75) is 94.6 Å². The molecule has 278 valence electrons. The van der Waals surface area contributed by atoms with Gasteiger partial charge in [-0.25, -0.2) is 4.79 Å². The molecule has 2 amide bonds. The number of aromatic nitrogens is 1. The number of aryl methyl sites for hydroxylation is 2. The van der Waals surface area contributed by atoms with Crippen molar-refractivity contribution in [3.63, 3.8) is 0 Å². The van der Waals surface area contributed by atoms with Crippen LogP contribution in [0.3, 0.4) is 0 Å². The summed E-state index contributed by atoms with van der Waals surface area (Å²) in [5, 5.41) is 61.5. The van der Waals surface area contributed by atoms with Gasteiger partial charge in [0.15, 0.2) is 0 Å². The smallest absolute Gasteiger partial charge is 0.317 e. The first-order chi connectivity index (χ1) is 24.6. The number of amides is 2. The Hall–Kier alpha value is -3.33. The van der Waals surface area contributed by atoms with Crippen molar-refractivity contribution < 1.29 is 44.9 Å². The second-order valence-electron chi connectivity index (χ2n) is 13.5. The maximum Gasteiger partial charge on any atom is 0.317 e. The highest BCUT2D eigenvalue weighted by Gasteiger charge is 2.48. The van der Waals surface area contributed by atoms with Crippen LogP contribution >= 0.6 is 11.6 Å². The summed E-state index contributed by atoms with van der Waals surface area (Å²) in [5.41, 5.74) is 5.83. The summed E-state index contributed by atoms with van der Waals surface area (Å²) >= 11 is 6.78. The number of rotatable bonds is 20. The van der Waals surface area contributed by atoms with Gasteiger partial charge in [0.25, 0.3) is 0 Å². The van der Waals surface area contributed by atoms with Crippen LogP contribution in [-0.4, -0.2) is 110 Å². The molecular formula is C38H50ClN3O9. The van der Waals surface area contributed by atoms with E-state index in [0.717, 1.165) is 82.6 Å². The van der Waals surface area contributed by atoms with Gasteiger partial charge in [-0.3, -0.25) is 4.98 Å². The van der Waals surface area contributed by atoms with Crippen LogP contribution in [0.15, 0.2) is 54.9 Å². The molecule has 0 aliphatic heterocycles. The average Bonchev–Trinajstić information content (AvgIpc) is 4.08. The molecule has 0 saturated heterocycles. The first-order valence-corrected chi connectivity index (χ1v) is 18.0. The molecule has 2 fully saturated rings. The zero-order valence-electron chi connectivity index (χ0n) is 29.0. The van der Waals surface area contributed by atoms with Crippen LogP contribution in [0.4, 0.5) is 4.79 Å². The van der Waals surface area contributed by atoms with Gasteiger partial charge in [0.05, 0.1) is 38.1 Å². The summed E-state index contributed by atoms with van der Waals surface area (Å²) in [7, 11) is 0. The van der Waals surface area contributed by atoms with E-state index >= 15 is 0 Å².